The van der Waals surface area contributed by atoms with Crippen LogP contribution >= 0.6 is 24.8 Å². The Morgan fingerprint density at radius 3 is 2.38 bits per heavy atom. The summed E-state index contributed by atoms with van der Waals surface area (Å²) >= 11 is 0. The van der Waals surface area contributed by atoms with E-state index < -0.39 is 5.60 Å². The summed E-state index contributed by atoms with van der Waals surface area (Å²) in [6.07, 6.45) is -0.209. The Balaban J connectivity index is 0.00000169. The maximum absolute atomic E-state index is 12.4. The number of nitrogens with zero attached hydrogens (tertiary/aromatic N) is 2. The molecule has 2 aliphatic heterocycles. The summed E-state index contributed by atoms with van der Waals surface area (Å²) in [5.74, 6) is 0.429. The standard InChI is InChI=1S/C19H29N3O2.2ClH/c1-18(2,3)24-17(23)22-11-16-10-21(13-19(16,12-20)14-22)9-15-7-5-4-6-8-15;;/h4-8,16H,9-14,20H2,1-3H3;2*1H. The van der Waals surface area contributed by atoms with E-state index in [2.05, 4.69) is 29.2 Å². The van der Waals surface area contributed by atoms with Gasteiger partial charge in [-0.2, -0.15) is 0 Å². The van der Waals surface area contributed by atoms with E-state index in [-0.39, 0.29) is 36.3 Å². The zero-order chi connectivity index (χ0) is 17.4. The van der Waals surface area contributed by atoms with Crippen LogP contribution in [0.2, 0.25) is 0 Å². The van der Waals surface area contributed by atoms with Crippen LogP contribution in [0.15, 0.2) is 30.3 Å². The van der Waals surface area contributed by atoms with Crippen molar-refractivity contribution in [2.45, 2.75) is 32.9 Å². The molecule has 2 aliphatic rings. The van der Waals surface area contributed by atoms with Crippen LogP contribution in [-0.2, 0) is 11.3 Å². The van der Waals surface area contributed by atoms with Crippen molar-refractivity contribution in [2.75, 3.05) is 32.7 Å². The van der Waals surface area contributed by atoms with E-state index in [0.29, 0.717) is 19.0 Å². The SMILES string of the molecule is CC(C)(C)OC(=O)N1CC2CN(Cc3ccccc3)CC2(CN)C1.Cl.Cl. The molecule has 26 heavy (non-hydrogen) atoms. The van der Waals surface area contributed by atoms with Crippen LogP contribution in [0.3, 0.4) is 0 Å². The number of benzene rings is 1. The molecule has 0 aromatic heterocycles. The number of ether oxygens (including phenoxy) is 1. The van der Waals surface area contributed by atoms with Gasteiger partial charge in [0.05, 0.1) is 0 Å². The molecule has 148 valence electrons. The minimum absolute atomic E-state index is 0. The van der Waals surface area contributed by atoms with Gasteiger partial charge in [-0.3, -0.25) is 4.90 Å². The van der Waals surface area contributed by atoms with E-state index in [1.807, 2.05) is 31.7 Å². The summed E-state index contributed by atoms with van der Waals surface area (Å²) in [5, 5.41) is 0. The van der Waals surface area contributed by atoms with Gasteiger partial charge in [-0.25, -0.2) is 4.79 Å². The van der Waals surface area contributed by atoms with E-state index in [0.717, 1.165) is 26.2 Å². The molecule has 0 radical (unpaired) electrons. The van der Waals surface area contributed by atoms with Crippen LogP contribution in [0, 0.1) is 11.3 Å². The Morgan fingerprint density at radius 1 is 1.19 bits per heavy atom. The fourth-order valence-corrected chi connectivity index (χ4v) is 4.01. The van der Waals surface area contributed by atoms with Crippen LogP contribution < -0.4 is 5.73 Å². The summed E-state index contributed by atoms with van der Waals surface area (Å²) in [7, 11) is 0. The molecular weight excluding hydrogens is 373 g/mol. The van der Waals surface area contributed by atoms with E-state index >= 15 is 0 Å². The number of nitrogens with two attached hydrogens (primary N) is 1. The van der Waals surface area contributed by atoms with Gasteiger partial charge in [-0.1, -0.05) is 30.3 Å². The van der Waals surface area contributed by atoms with Crippen LogP contribution in [0.1, 0.15) is 26.3 Å². The second-order valence-corrected chi connectivity index (χ2v) is 8.28. The predicted molar refractivity (Wildman–Crippen MR) is 109 cm³/mol. The van der Waals surface area contributed by atoms with Crippen molar-refractivity contribution >= 4 is 30.9 Å². The minimum Gasteiger partial charge on any atom is -0.444 e. The van der Waals surface area contributed by atoms with E-state index in [1.165, 1.54) is 5.56 Å². The average Bonchev–Trinajstić information content (AvgIpc) is 3.00. The third-order valence-electron chi connectivity index (χ3n) is 5.14. The van der Waals surface area contributed by atoms with E-state index in [1.54, 1.807) is 0 Å². The van der Waals surface area contributed by atoms with Gasteiger partial charge >= 0.3 is 6.09 Å². The largest absolute Gasteiger partial charge is 0.444 e. The number of hydrogen-bond donors (Lipinski definition) is 1. The normalized spacial score (nSPS) is 25.2. The summed E-state index contributed by atoms with van der Waals surface area (Å²) in [5.41, 5.74) is 7.03. The molecule has 0 bridgehead atoms. The van der Waals surface area contributed by atoms with Crippen LogP contribution in [0.5, 0.6) is 0 Å². The second-order valence-electron chi connectivity index (χ2n) is 8.28. The molecular formula is C19H31Cl2N3O2. The number of carbonyl (C=O) groups is 1. The monoisotopic (exact) mass is 403 g/mol. The number of likely N-dealkylation sites (tertiary alicyclic amines) is 2. The molecule has 0 aliphatic carbocycles. The molecule has 2 saturated heterocycles. The second kappa shape index (κ2) is 8.79. The van der Waals surface area contributed by atoms with Gasteiger partial charge in [0.2, 0.25) is 0 Å². The number of carbonyl (C=O) groups excluding carboxylic acids is 1. The number of fused-ring (bicyclic) bond motifs is 1. The van der Waals surface area contributed by atoms with Gasteiger partial charge in [-0.15, -0.1) is 24.8 Å². The maximum Gasteiger partial charge on any atom is 0.410 e. The fourth-order valence-electron chi connectivity index (χ4n) is 4.01. The summed E-state index contributed by atoms with van der Waals surface area (Å²) in [4.78, 5) is 16.7. The zero-order valence-corrected chi connectivity index (χ0v) is 17.4. The first-order valence-corrected chi connectivity index (χ1v) is 8.76. The van der Waals surface area contributed by atoms with Gasteiger partial charge in [0.1, 0.15) is 5.60 Å². The topological polar surface area (TPSA) is 58.8 Å². The van der Waals surface area contributed by atoms with Gasteiger partial charge in [-0.05, 0) is 32.3 Å². The molecule has 2 atom stereocenters. The number of halogens is 2. The van der Waals surface area contributed by atoms with Crippen LogP contribution in [-0.4, -0.2) is 54.2 Å². The smallest absolute Gasteiger partial charge is 0.410 e. The van der Waals surface area contributed by atoms with E-state index in [9.17, 15) is 4.79 Å². The van der Waals surface area contributed by atoms with Crippen molar-refractivity contribution in [1.82, 2.24) is 9.80 Å². The Kier molecular flexibility index (Phi) is 7.78. The zero-order valence-electron chi connectivity index (χ0n) is 15.8. The third-order valence-corrected chi connectivity index (χ3v) is 5.14. The van der Waals surface area contributed by atoms with Gasteiger partial charge in [0.25, 0.3) is 0 Å². The van der Waals surface area contributed by atoms with Gasteiger partial charge in [0, 0.05) is 44.7 Å². The Labute approximate surface area is 169 Å². The predicted octanol–water partition coefficient (Wildman–Crippen LogP) is 3.16. The van der Waals surface area contributed by atoms with Crippen LogP contribution in [0.4, 0.5) is 4.79 Å². The quantitative estimate of drug-likeness (QED) is 0.841. The van der Waals surface area contributed by atoms with Crippen molar-refractivity contribution in [3.05, 3.63) is 35.9 Å². The number of hydrogen-bond acceptors (Lipinski definition) is 4. The Bertz CT molecular complexity index is 594. The van der Waals surface area contributed by atoms with Crippen LogP contribution in [0.25, 0.3) is 0 Å². The molecule has 2 fully saturated rings. The molecule has 2 unspecified atom stereocenters. The summed E-state index contributed by atoms with van der Waals surface area (Å²) < 4.78 is 5.53. The highest BCUT2D eigenvalue weighted by molar-refractivity contribution is 5.85. The van der Waals surface area contributed by atoms with E-state index in [4.69, 9.17) is 10.5 Å². The first-order valence-electron chi connectivity index (χ1n) is 8.76. The molecule has 2 heterocycles. The maximum atomic E-state index is 12.4. The van der Waals surface area contributed by atoms with Gasteiger partial charge in [0.15, 0.2) is 0 Å². The van der Waals surface area contributed by atoms with Crippen molar-refractivity contribution in [1.29, 1.82) is 0 Å². The Morgan fingerprint density at radius 2 is 1.85 bits per heavy atom. The first kappa shape index (κ1) is 23.0. The number of amides is 1. The average molecular weight is 404 g/mol. The highest BCUT2D eigenvalue weighted by atomic mass is 35.5. The lowest BCUT2D eigenvalue weighted by molar-refractivity contribution is 0.0260. The van der Waals surface area contributed by atoms with Gasteiger partial charge < -0.3 is 15.4 Å². The van der Waals surface area contributed by atoms with Crippen molar-refractivity contribution in [3.8, 4) is 0 Å². The van der Waals surface area contributed by atoms with Crippen molar-refractivity contribution in [3.63, 3.8) is 0 Å². The molecule has 1 amide bonds. The lowest BCUT2D eigenvalue weighted by Crippen LogP contribution is -2.42. The number of rotatable bonds is 3. The summed E-state index contributed by atoms with van der Waals surface area (Å²) in [6.45, 7) is 10.7. The molecule has 5 nitrogen and oxygen atoms in total. The van der Waals surface area contributed by atoms with Crippen molar-refractivity contribution < 1.29 is 9.53 Å². The molecule has 2 N–H and O–H groups in total. The fraction of sp³-hybridized carbons (Fsp3) is 0.632. The Hall–Kier alpha value is -1.01. The molecule has 0 saturated carbocycles. The highest BCUT2D eigenvalue weighted by Gasteiger charge is 2.53. The lowest BCUT2D eigenvalue weighted by atomic mass is 9.81. The molecule has 0 spiro atoms. The lowest BCUT2D eigenvalue weighted by Gasteiger charge is -2.29. The minimum atomic E-state index is -0.454. The van der Waals surface area contributed by atoms with Crippen molar-refractivity contribution in [2.24, 2.45) is 17.1 Å². The molecule has 1 aromatic rings. The molecule has 3 rings (SSSR count). The molecule has 7 heteroatoms. The first-order chi connectivity index (χ1) is 11.3. The molecule has 1 aromatic carbocycles. The summed E-state index contributed by atoms with van der Waals surface area (Å²) in [6, 6.07) is 10.5. The third kappa shape index (κ3) is 5.03. The highest BCUT2D eigenvalue weighted by Crippen LogP contribution is 2.42.